The molecule has 0 aromatic carbocycles. The normalized spacial score (nSPS) is 20.6. The predicted molar refractivity (Wildman–Crippen MR) is 73.7 cm³/mol. The first-order chi connectivity index (χ1) is 7.92. The highest BCUT2D eigenvalue weighted by molar-refractivity contribution is 9.10. The fourth-order valence-electron chi connectivity index (χ4n) is 1.98. The molecule has 0 unspecified atom stereocenters. The summed E-state index contributed by atoms with van der Waals surface area (Å²) in [4.78, 5) is 12.9. The van der Waals surface area contributed by atoms with Crippen molar-refractivity contribution in [1.82, 2.24) is 14.9 Å². The molecule has 1 aliphatic heterocycles. The molecule has 1 aromatic heterocycles. The quantitative estimate of drug-likeness (QED) is 0.744. The molecule has 1 saturated heterocycles. The third-order valence-corrected chi connectivity index (χ3v) is 4.59. The lowest BCUT2D eigenvalue weighted by Crippen LogP contribution is -2.58. The van der Waals surface area contributed by atoms with Crippen LogP contribution in [0.4, 0.5) is 5.82 Å². The summed E-state index contributed by atoms with van der Waals surface area (Å²) >= 11 is 9.45. The smallest absolute Gasteiger partial charge is 0.148 e. The maximum Gasteiger partial charge on any atom is 0.148 e. The largest absolute Gasteiger partial charge is 0.352 e. The van der Waals surface area contributed by atoms with E-state index in [1.165, 1.54) is 6.33 Å². The average Bonchev–Trinajstić information content (AvgIpc) is 2.26. The number of likely N-dealkylation sites (N-methyl/N-ethyl adjacent to an activating group) is 1. The van der Waals surface area contributed by atoms with Gasteiger partial charge in [-0.15, -0.1) is 0 Å². The summed E-state index contributed by atoms with van der Waals surface area (Å²) in [5, 5.41) is 0.465. The van der Waals surface area contributed by atoms with Gasteiger partial charge in [-0.2, -0.15) is 0 Å². The van der Waals surface area contributed by atoms with Crippen LogP contribution in [0.2, 0.25) is 5.15 Å². The fraction of sp³-hybridized carbons (Fsp3) is 0.636. The Labute approximate surface area is 115 Å². The van der Waals surface area contributed by atoms with Gasteiger partial charge in [0.25, 0.3) is 0 Å². The molecule has 0 radical (unpaired) electrons. The van der Waals surface area contributed by atoms with Crippen molar-refractivity contribution in [3.05, 3.63) is 16.0 Å². The standard InChI is InChI=1S/C11H16BrClN4/c1-11(2)6-17(5-4-16(11)3)10-8(12)9(13)14-7-15-10/h7H,4-6H2,1-3H3. The molecule has 0 bridgehead atoms. The Bertz CT molecular complexity index is 424. The molecule has 4 nitrogen and oxygen atoms in total. The van der Waals surface area contributed by atoms with Crippen LogP contribution in [0.15, 0.2) is 10.8 Å². The van der Waals surface area contributed by atoms with Crippen LogP contribution in [0.25, 0.3) is 0 Å². The Morgan fingerprint density at radius 2 is 2.06 bits per heavy atom. The molecule has 0 N–H and O–H groups in total. The number of rotatable bonds is 1. The number of nitrogens with zero attached hydrogens (tertiary/aromatic N) is 4. The summed E-state index contributed by atoms with van der Waals surface area (Å²) < 4.78 is 0.780. The third kappa shape index (κ3) is 2.56. The molecule has 0 amide bonds. The number of halogens is 2. The predicted octanol–water partition coefficient (Wildman–Crippen LogP) is 2.42. The zero-order valence-electron chi connectivity index (χ0n) is 10.2. The van der Waals surface area contributed by atoms with E-state index < -0.39 is 0 Å². The third-order valence-electron chi connectivity index (χ3n) is 3.34. The van der Waals surface area contributed by atoms with Gasteiger partial charge in [0, 0.05) is 25.2 Å². The van der Waals surface area contributed by atoms with Gasteiger partial charge < -0.3 is 4.90 Å². The summed E-state index contributed by atoms with van der Waals surface area (Å²) in [5.74, 6) is 0.881. The SMILES string of the molecule is CN1CCN(c2ncnc(Cl)c2Br)CC1(C)C. The van der Waals surface area contributed by atoms with Crippen molar-refractivity contribution in [2.45, 2.75) is 19.4 Å². The Morgan fingerprint density at radius 3 is 2.71 bits per heavy atom. The lowest BCUT2D eigenvalue weighted by atomic mass is 10.00. The van der Waals surface area contributed by atoms with Gasteiger partial charge in [0.2, 0.25) is 0 Å². The van der Waals surface area contributed by atoms with Crippen molar-refractivity contribution in [2.75, 3.05) is 31.6 Å². The van der Waals surface area contributed by atoms with Crippen molar-refractivity contribution in [1.29, 1.82) is 0 Å². The Morgan fingerprint density at radius 1 is 1.35 bits per heavy atom. The molecule has 2 heterocycles. The van der Waals surface area contributed by atoms with E-state index in [0.29, 0.717) is 5.15 Å². The molecule has 0 saturated carbocycles. The zero-order valence-corrected chi connectivity index (χ0v) is 12.6. The molecule has 94 valence electrons. The van der Waals surface area contributed by atoms with E-state index in [-0.39, 0.29) is 5.54 Å². The second kappa shape index (κ2) is 4.71. The van der Waals surface area contributed by atoms with Crippen LogP contribution < -0.4 is 4.90 Å². The van der Waals surface area contributed by atoms with Crippen LogP contribution in [-0.2, 0) is 0 Å². The van der Waals surface area contributed by atoms with E-state index in [4.69, 9.17) is 11.6 Å². The first-order valence-electron chi connectivity index (χ1n) is 5.54. The number of hydrogen-bond donors (Lipinski definition) is 0. The maximum absolute atomic E-state index is 6.00. The molecule has 1 aromatic rings. The monoisotopic (exact) mass is 318 g/mol. The lowest BCUT2D eigenvalue weighted by molar-refractivity contribution is 0.138. The molecule has 0 aliphatic carbocycles. The van der Waals surface area contributed by atoms with Crippen LogP contribution in [0, 0.1) is 0 Å². The lowest BCUT2D eigenvalue weighted by Gasteiger charge is -2.45. The first-order valence-corrected chi connectivity index (χ1v) is 6.71. The highest BCUT2D eigenvalue weighted by atomic mass is 79.9. The van der Waals surface area contributed by atoms with Gasteiger partial charge >= 0.3 is 0 Å². The summed E-state index contributed by atoms with van der Waals surface area (Å²) in [7, 11) is 2.15. The van der Waals surface area contributed by atoms with Gasteiger partial charge in [0.05, 0.1) is 4.47 Å². The van der Waals surface area contributed by atoms with Crippen molar-refractivity contribution in [3.8, 4) is 0 Å². The number of anilines is 1. The number of aromatic nitrogens is 2. The Hall–Kier alpha value is -0.390. The first kappa shape index (κ1) is 13.1. The summed E-state index contributed by atoms with van der Waals surface area (Å²) in [5.41, 5.74) is 0.134. The van der Waals surface area contributed by atoms with Crippen LogP contribution in [0.3, 0.4) is 0 Å². The van der Waals surface area contributed by atoms with Crippen molar-refractivity contribution in [2.24, 2.45) is 0 Å². The minimum absolute atomic E-state index is 0.134. The van der Waals surface area contributed by atoms with Gasteiger partial charge in [0.15, 0.2) is 0 Å². The van der Waals surface area contributed by atoms with Gasteiger partial charge in [-0.3, -0.25) is 4.90 Å². The average molecular weight is 320 g/mol. The topological polar surface area (TPSA) is 32.3 Å². The van der Waals surface area contributed by atoms with Gasteiger partial charge in [-0.25, -0.2) is 9.97 Å². The summed E-state index contributed by atoms with van der Waals surface area (Å²) in [6, 6.07) is 0. The van der Waals surface area contributed by atoms with E-state index in [9.17, 15) is 0 Å². The fourth-order valence-corrected chi connectivity index (χ4v) is 2.56. The second-order valence-electron chi connectivity index (χ2n) is 4.96. The number of piperazine rings is 1. The molecule has 1 aliphatic rings. The van der Waals surface area contributed by atoms with Crippen LogP contribution in [-0.4, -0.2) is 47.1 Å². The minimum Gasteiger partial charge on any atom is -0.352 e. The Balaban J connectivity index is 2.27. The maximum atomic E-state index is 6.00. The molecular formula is C11H16BrClN4. The van der Waals surface area contributed by atoms with E-state index >= 15 is 0 Å². The van der Waals surface area contributed by atoms with E-state index in [1.807, 2.05) is 0 Å². The highest BCUT2D eigenvalue weighted by Crippen LogP contribution is 2.31. The molecule has 6 heteroatoms. The molecule has 2 rings (SSSR count). The molecule has 0 spiro atoms. The zero-order chi connectivity index (χ0) is 12.6. The molecule has 17 heavy (non-hydrogen) atoms. The molecule has 1 fully saturated rings. The van der Waals surface area contributed by atoms with Crippen LogP contribution in [0.5, 0.6) is 0 Å². The highest BCUT2D eigenvalue weighted by Gasteiger charge is 2.32. The van der Waals surface area contributed by atoms with Crippen molar-refractivity contribution >= 4 is 33.3 Å². The molecule has 0 atom stereocenters. The van der Waals surface area contributed by atoms with Gasteiger partial charge in [0.1, 0.15) is 17.3 Å². The van der Waals surface area contributed by atoms with E-state index in [2.05, 4.69) is 56.6 Å². The van der Waals surface area contributed by atoms with Crippen LogP contribution >= 0.6 is 27.5 Å². The van der Waals surface area contributed by atoms with Gasteiger partial charge in [-0.1, -0.05) is 11.6 Å². The number of hydrogen-bond acceptors (Lipinski definition) is 4. The minimum atomic E-state index is 0.134. The van der Waals surface area contributed by atoms with E-state index in [0.717, 1.165) is 29.9 Å². The van der Waals surface area contributed by atoms with Crippen LogP contribution in [0.1, 0.15) is 13.8 Å². The summed E-state index contributed by atoms with van der Waals surface area (Å²) in [6.45, 7) is 7.36. The van der Waals surface area contributed by atoms with Crippen molar-refractivity contribution < 1.29 is 0 Å². The summed E-state index contributed by atoms with van der Waals surface area (Å²) in [6.07, 6.45) is 1.51. The second-order valence-corrected chi connectivity index (χ2v) is 6.11. The van der Waals surface area contributed by atoms with E-state index in [1.54, 1.807) is 0 Å². The van der Waals surface area contributed by atoms with Crippen molar-refractivity contribution in [3.63, 3.8) is 0 Å². The molecular weight excluding hydrogens is 304 g/mol. The van der Waals surface area contributed by atoms with Gasteiger partial charge in [-0.05, 0) is 36.8 Å². The Kier molecular flexibility index (Phi) is 3.61.